The average molecular weight is 913 g/mol. The Kier molecular flexibility index (Phi) is 11.1. The maximum Gasteiger partial charge on any atom is 0.407 e. The molecule has 1 spiro atoms. The lowest BCUT2D eigenvalue weighted by molar-refractivity contribution is -0.225. The fourth-order valence-corrected chi connectivity index (χ4v) is 9.92. The number of aromatic amines is 2. The molecule has 4 amide bonds. The van der Waals surface area contributed by atoms with Gasteiger partial charge in [-0.3, -0.25) is 9.59 Å². The van der Waals surface area contributed by atoms with Crippen molar-refractivity contribution in [2.75, 3.05) is 27.3 Å². The molecule has 4 N–H and O–H groups in total. The number of hydrogen-bond donors (Lipinski definition) is 4. The molecule has 4 aliphatic rings. The standard InChI is InChI=1S/C48H52F4N8O6/c1-24(2)38(57-44(63)65-5)42(61)59-17-7-8-36(59)41-54-33-14-11-27(20-34(33)55-41)26-9-12-29-30-13-10-28(19-32(30)48(51,52)47(49,50)31(29)18-26)35-22-53-40(56-35)37-21-46(15-16-46)23-60(37)43(62)39(25(3)4)58-45(64)66-6/h9-14,18-20,22,24-25,36-39H,7-8,15-17,21,23H2,1-6H3,(H,53,56)(H,54,55)(H,57,63)(H,58,64)/t36-,37-,38+,39+/m0/s1. The fraction of sp³-hybridized carbons (Fsp3) is 0.458. The highest BCUT2D eigenvalue weighted by molar-refractivity contribution is 5.88. The Bertz CT molecular complexity index is 2750. The van der Waals surface area contributed by atoms with E-state index in [0.717, 1.165) is 25.0 Å². The SMILES string of the molecule is COC(=O)N[C@@H](C(=O)N1CC2(CC2)C[C@H]1c1ncc(-c2ccc3c(c2)C(F)(F)C(F)(F)c2cc(-c4ccc5nc([C@@H]6CCCN6C(=O)[C@H](NC(=O)OC)C(C)C)[nH]c5c4)ccc2-3)[nH]1)C(C)C. The van der Waals surface area contributed by atoms with Crippen molar-refractivity contribution in [1.29, 1.82) is 0 Å². The topological polar surface area (TPSA) is 175 Å². The van der Waals surface area contributed by atoms with Gasteiger partial charge in [0.2, 0.25) is 11.8 Å². The number of hydrogen-bond acceptors (Lipinski definition) is 8. The van der Waals surface area contributed by atoms with E-state index in [9.17, 15) is 19.2 Å². The number of alkyl carbamates (subject to hydrolysis) is 2. The van der Waals surface area contributed by atoms with E-state index in [1.54, 1.807) is 40.1 Å². The Morgan fingerprint density at radius 3 is 1.88 bits per heavy atom. The van der Waals surface area contributed by atoms with Crippen LogP contribution in [0.2, 0.25) is 0 Å². The molecule has 18 heteroatoms. The normalized spacial score (nSPS) is 20.8. The molecule has 14 nitrogen and oxygen atoms in total. The average Bonchev–Trinajstić information content (AvgIpc) is 3.79. The van der Waals surface area contributed by atoms with Gasteiger partial charge in [-0.2, -0.15) is 17.6 Å². The van der Waals surface area contributed by atoms with E-state index in [-0.39, 0.29) is 45.8 Å². The minimum atomic E-state index is -4.59. The number of ether oxygens (including phenoxy) is 2. The first-order valence-electron chi connectivity index (χ1n) is 22.3. The van der Waals surface area contributed by atoms with Crippen molar-refractivity contribution in [3.63, 3.8) is 0 Å². The molecule has 2 aliphatic carbocycles. The predicted octanol–water partition coefficient (Wildman–Crippen LogP) is 8.96. The van der Waals surface area contributed by atoms with E-state index in [1.165, 1.54) is 32.5 Å². The van der Waals surface area contributed by atoms with E-state index in [4.69, 9.17) is 14.5 Å². The molecule has 4 heterocycles. The van der Waals surface area contributed by atoms with Gasteiger partial charge in [0, 0.05) is 29.8 Å². The molecule has 2 aliphatic heterocycles. The number of carbonyl (C=O) groups is 4. The molecule has 0 unspecified atom stereocenters. The quantitative estimate of drug-likeness (QED) is 0.101. The van der Waals surface area contributed by atoms with E-state index >= 15 is 17.6 Å². The van der Waals surface area contributed by atoms with Crippen LogP contribution >= 0.6 is 0 Å². The molecule has 9 rings (SSSR count). The number of methoxy groups -OCH3 is 2. The highest BCUT2D eigenvalue weighted by Gasteiger charge is 2.63. The maximum absolute atomic E-state index is 16.3. The van der Waals surface area contributed by atoms with Gasteiger partial charge in [0.05, 0.1) is 49.2 Å². The number of carbonyl (C=O) groups excluding carboxylic acids is 4. The molecular formula is C48H52F4N8O6. The lowest BCUT2D eigenvalue weighted by atomic mass is 9.78. The first-order chi connectivity index (χ1) is 31.4. The van der Waals surface area contributed by atoms with Crippen molar-refractivity contribution in [2.24, 2.45) is 17.3 Å². The number of rotatable bonds is 10. The second kappa shape index (κ2) is 16.5. The number of H-pyrrole nitrogens is 2. The highest BCUT2D eigenvalue weighted by Crippen LogP contribution is 2.60. The first kappa shape index (κ1) is 44.7. The number of amides is 4. The first-order valence-corrected chi connectivity index (χ1v) is 22.3. The van der Waals surface area contributed by atoms with Gasteiger partial charge < -0.3 is 39.9 Å². The fourth-order valence-electron chi connectivity index (χ4n) is 9.92. The number of fused-ring (bicyclic) bond motifs is 4. The molecule has 4 atom stereocenters. The monoisotopic (exact) mass is 912 g/mol. The van der Waals surface area contributed by atoms with Crippen LogP contribution in [0.4, 0.5) is 27.2 Å². The van der Waals surface area contributed by atoms with E-state index in [2.05, 4.69) is 25.6 Å². The van der Waals surface area contributed by atoms with Crippen LogP contribution in [0.3, 0.4) is 0 Å². The summed E-state index contributed by atoms with van der Waals surface area (Å²) in [6.07, 6.45) is 3.85. The van der Waals surface area contributed by atoms with Crippen LogP contribution in [0.1, 0.15) is 94.7 Å². The van der Waals surface area contributed by atoms with Crippen LogP contribution in [0.5, 0.6) is 0 Å². The predicted molar refractivity (Wildman–Crippen MR) is 235 cm³/mol. The lowest BCUT2D eigenvalue weighted by Crippen LogP contribution is -2.51. The van der Waals surface area contributed by atoms with Crippen LogP contribution in [0, 0.1) is 17.3 Å². The third-order valence-electron chi connectivity index (χ3n) is 13.8. The molecule has 3 aromatic carbocycles. The molecule has 2 saturated heterocycles. The minimum Gasteiger partial charge on any atom is -0.453 e. The number of aromatic nitrogens is 4. The van der Waals surface area contributed by atoms with E-state index < -0.39 is 59.3 Å². The maximum atomic E-state index is 16.3. The number of benzene rings is 3. The third kappa shape index (κ3) is 7.60. The summed E-state index contributed by atoms with van der Waals surface area (Å²) in [5.41, 5.74) is 0.728. The molecule has 0 bridgehead atoms. The van der Waals surface area contributed by atoms with Gasteiger partial charge in [0.1, 0.15) is 23.7 Å². The number of imidazole rings is 2. The summed E-state index contributed by atoms with van der Waals surface area (Å²) in [7, 11) is 2.46. The number of nitrogens with one attached hydrogen (secondary N) is 4. The summed E-state index contributed by atoms with van der Waals surface area (Å²) >= 11 is 0. The van der Waals surface area contributed by atoms with Gasteiger partial charge in [0.25, 0.3) is 0 Å². The Morgan fingerprint density at radius 2 is 1.29 bits per heavy atom. The van der Waals surface area contributed by atoms with Crippen molar-refractivity contribution in [3.8, 4) is 33.5 Å². The zero-order valence-electron chi connectivity index (χ0n) is 37.4. The van der Waals surface area contributed by atoms with Gasteiger partial charge in [-0.05, 0) is 95.9 Å². The van der Waals surface area contributed by atoms with Crippen molar-refractivity contribution in [3.05, 3.63) is 83.6 Å². The summed E-state index contributed by atoms with van der Waals surface area (Å²) < 4.78 is 74.8. The molecule has 0 radical (unpaired) electrons. The van der Waals surface area contributed by atoms with Gasteiger partial charge in [-0.25, -0.2) is 19.6 Å². The van der Waals surface area contributed by atoms with E-state index in [0.29, 0.717) is 71.9 Å². The van der Waals surface area contributed by atoms with Crippen molar-refractivity contribution < 1.29 is 46.2 Å². The molecule has 5 aromatic rings. The summed E-state index contributed by atoms with van der Waals surface area (Å²) in [4.78, 5) is 71.0. The summed E-state index contributed by atoms with van der Waals surface area (Å²) in [6, 6.07) is 10.8. The van der Waals surface area contributed by atoms with Gasteiger partial charge in [-0.15, -0.1) is 0 Å². The number of nitrogens with zero attached hydrogens (tertiary/aromatic N) is 4. The zero-order chi connectivity index (χ0) is 47.0. The Balaban J connectivity index is 0.982. The van der Waals surface area contributed by atoms with Gasteiger partial charge in [-0.1, -0.05) is 58.0 Å². The molecule has 348 valence electrons. The second-order valence-electron chi connectivity index (χ2n) is 18.8. The van der Waals surface area contributed by atoms with Crippen molar-refractivity contribution in [1.82, 2.24) is 40.4 Å². The van der Waals surface area contributed by atoms with Crippen molar-refractivity contribution >= 4 is 35.0 Å². The van der Waals surface area contributed by atoms with Gasteiger partial charge in [0.15, 0.2) is 0 Å². The molecule has 1 saturated carbocycles. The highest BCUT2D eigenvalue weighted by atomic mass is 19.3. The van der Waals surface area contributed by atoms with Crippen molar-refractivity contribution in [2.45, 2.75) is 95.8 Å². The Labute approximate surface area is 378 Å². The third-order valence-corrected chi connectivity index (χ3v) is 13.8. The number of alkyl halides is 4. The lowest BCUT2D eigenvalue weighted by Gasteiger charge is -2.35. The smallest absolute Gasteiger partial charge is 0.407 e. The molecular weight excluding hydrogens is 861 g/mol. The molecule has 66 heavy (non-hydrogen) atoms. The minimum absolute atomic E-state index is 0.0195. The van der Waals surface area contributed by atoms with Gasteiger partial charge >= 0.3 is 24.0 Å². The second-order valence-corrected chi connectivity index (χ2v) is 18.8. The molecule has 3 fully saturated rings. The Morgan fingerprint density at radius 1 is 0.727 bits per heavy atom. The summed E-state index contributed by atoms with van der Waals surface area (Å²) in [5.74, 6) is -9.23. The molecule has 2 aromatic heterocycles. The van der Waals surface area contributed by atoms with Crippen LogP contribution in [-0.4, -0.2) is 93.1 Å². The Hall–Kier alpha value is -6.46. The van der Waals surface area contributed by atoms with Crippen LogP contribution in [-0.2, 0) is 30.9 Å². The summed E-state index contributed by atoms with van der Waals surface area (Å²) in [6.45, 7) is 8.23. The van der Waals surface area contributed by atoms with Crippen LogP contribution < -0.4 is 10.6 Å². The number of halogens is 4. The van der Waals surface area contributed by atoms with Crippen LogP contribution in [0.15, 0.2) is 60.8 Å². The van der Waals surface area contributed by atoms with Crippen LogP contribution in [0.25, 0.3) is 44.5 Å². The van der Waals surface area contributed by atoms with E-state index in [1.807, 2.05) is 27.7 Å². The zero-order valence-corrected chi connectivity index (χ0v) is 37.4. The summed E-state index contributed by atoms with van der Waals surface area (Å²) in [5, 5.41) is 5.28. The number of likely N-dealkylation sites (tertiary alicyclic amines) is 2. The largest absolute Gasteiger partial charge is 0.453 e.